The number of benzene rings is 1. The van der Waals surface area contributed by atoms with Gasteiger partial charge in [-0.25, -0.2) is 9.18 Å². The number of ketones is 1. The molecule has 0 unspecified atom stereocenters. The highest BCUT2D eigenvalue weighted by molar-refractivity contribution is 7.16. The van der Waals surface area contributed by atoms with Crippen molar-refractivity contribution in [3.05, 3.63) is 74.3 Å². The maximum Gasteiger partial charge on any atom is 0.341 e. The Morgan fingerprint density at radius 3 is 2.61 bits per heavy atom. The minimum Gasteiger partial charge on any atom is -0.462 e. The number of aryl methyl sites for hydroxylation is 1. The summed E-state index contributed by atoms with van der Waals surface area (Å²) in [5.41, 5.74) is 10.0. The van der Waals surface area contributed by atoms with Crippen molar-refractivity contribution < 1.29 is 18.7 Å². The topological polar surface area (TPSA) is 96.4 Å². The Hall–Kier alpha value is -3.44. The van der Waals surface area contributed by atoms with E-state index in [1.165, 1.54) is 23.5 Å². The van der Waals surface area contributed by atoms with Crippen molar-refractivity contribution in [2.45, 2.75) is 71.6 Å². The van der Waals surface area contributed by atoms with Gasteiger partial charge in [-0.3, -0.25) is 9.69 Å². The number of hydrogen-bond acceptors (Lipinski definition) is 7. The molecule has 0 saturated heterocycles. The molecule has 1 aromatic heterocycles. The highest BCUT2D eigenvalue weighted by Crippen LogP contribution is 2.53. The smallest absolute Gasteiger partial charge is 0.341 e. The lowest BCUT2D eigenvalue weighted by Crippen LogP contribution is -2.42. The van der Waals surface area contributed by atoms with Gasteiger partial charge in [0.1, 0.15) is 16.6 Å². The zero-order valence-electron chi connectivity index (χ0n) is 22.0. The minimum absolute atomic E-state index is 0.0633. The number of rotatable bonds is 4. The number of carbonyl (C=O) groups is 2. The van der Waals surface area contributed by atoms with Crippen LogP contribution in [0.2, 0.25) is 0 Å². The van der Waals surface area contributed by atoms with Crippen LogP contribution in [0.1, 0.15) is 85.2 Å². The number of halogens is 1. The van der Waals surface area contributed by atoms with Crippen LogP contribution in [0.15, 0.2) is 46.9 Å². The number of anilines is 1. The SMILES string of the molecule is CCOC(=O)c1c(N2C(N)=C(C#N)[C@@H](c3ccc(F)cc3)C3=C2CC(C)(C)CC3=O)sc2c1CCCCC2. The molecule has 38 heavy (non-hydrogen) atoms. The van der Waals surface area contributed by atoms with Gasteiger partial charge >= 0.3 is 5.97 Å². The molecule has 5 rings (SSSR count). The predicted octanol–water partition coefficient (Wildman–Crippen LogP) is 6.27. The molecular weight excluding hydrogens is 501 g/mol. The second-order valence-electron chi connectivity index (χ2n) is 11.0. The molecule has 2 aliphatic carbocycles. The number of nitrogens with zero attached hydrogens (tertiary/aromatic N) is 2. The fourth-order valence-corrected chi connectivity index (χ4v) is 7.44. The Bertz CT molecular complexity index is 1410. The van der Waals surface area contributed by atoms with Crippen LogP contribution in [0.4, 0.5) is 9.39 Å². The molecule has 0 saturated carbocycles. The van der Waals surface area contributed by atoms with Crippen molar-refractivity contribution in [3.8, 4) is 6.07 Å². The van der Waals surface area contributed by atoms with Crippen LogP contribution in [0.3, 0.4) is 0 Å². The third kappa shape index (κ3) is 4.43. The number of Topliss-reactive ketones (excluding diaryl/α,β-unsaturated/α-hetero) is 1. The molecule has 0 amide bonds. The van der Waals surface area contributed by atoms with Gasteiger partial charge in [-0.2, -0.15) is 5.26 Å². The molecule has 0 spiro atoms. The van der Waals surface area contributed by atoms with Gasteiger partial charge in [-0.1, -0.05) is 32.4 Å². The lowest BCUT2D eigenvalue weighted by Gasteiger charge is -2.43. The first-order valence-corrected chi connectivity index (χ1v) is 14.0. The number of esters is 1. The van der Waals surface area contributed by atoms with Gasteiger partial charge in [0.25, 0.3) is 0 Å². The van der Waals surface area contributed by atoms with E-state index in [1.807, 2.05) is 13.8 Å². The highest BCUT2D eigenvalue weighted by atomic mass is 32.1. The van der Waals surface area contributed by atoms with Gasteiger partial charge in [0.15, 0.2) is 5.78 Å². The molecule has 0 radical (unpaired) electrons. The third-order valence-electron chi connectivity index (χ3n) is 7.67. The van der Waals surface area contributed by atoms with Crippen molar-refractivity contribution >= 4 is 28.1 Å². The van der Waals surface area contributed by atoms with E-state index in [0.29, 0.717) is 40.2 Å². The Kier molecular flexibility index (Phi) is 6.91. The maximum absolute atomic E-state index is 13.8. The third-order valence-corrected chi connectivity index (χ3v) is 8.95. The monoisotopic (exact) mass is 533 g/mol. The van der Waals surface area contributed by atoms with Gasteiger partial charge in [0.2, 0.25) is 0 Å². The number of fused-ring (bicyclic) bond motifs is 1. The number of thiophene rings is 1. The van der Waals surface area contributed by atoms with Crippen molar-refractivity contribution in [3.63, 3.8) is 0 Å². The summed E-state index contributed by atoms with van der Waals surface area (Å²) >= 11 is 1.51. The average Bonchev–Trinajstić information content (AvgIpc) is 3.05. The van der Waals surface area contributed by atoms with Crippen LogP contribution >= 0.6 is 11.3 Å². The normalized spacial score (nSPS) is 21.0. The quantitative estimate of drug-likeness (QED) is 0.367. The molecule has 0 bridgehead atoms. The molecule has 2 heterocycles. The van der Waals surface area contributed by atoms with Crippen LogP contribution in [-0.4, -0.2) is 18.4 Å². The lowest BCUT2D eigenvalue weighted by molar-refractivity contribution is -0.118. The van der Waals surface area contributed by atoms with E-state index in [1.54, 1.807) is 24.0 Å². The second kappa shape index (κ2) is 10.0. The van der Waals surface area contributed by atoms with Gasteiger partial charge in [-0.05, 0) is 67.7 Å². The summed E-state index contributed by atoms with van der Waals surface area (Å²) in [6.45, 7) is 6.09. The van der Waals surface area contributed by atoms with E-state index in [-0.39, 0.29) is 29.2 Å². The summed E-state index contributed by atoms with van der Waals surface area (Å²) in [6.07, 6.45) is 5.62. The second-order valence-corrected chi connectivity index (χ2v) is 12.1. The van der Waals surface area contributed by atoms with Crippen LogP contribution in [0, 0.1) is 22.6 Å². The average molecular weight is 534 g/mol. The molecule has 198 valence electrons. The molecule has 1 atom stereocenters. The van der Waals surface area contributed by atoms with Crippen molar-refractivity contribution in [1.82, 2.24) is 0 Å². The minimum atomic E-state index is -0.695. The Labute approximate surface area is 226 Å². The van der Waals surface area contributed by atoms with Gasteiger partial charge in [0, 0.05) is 22.6 Å². The van der Waals surface area contributed by atoms with Crippen LogP contribution in [0.25, 0.3) is 0 Å². The van der Waals surface area contributed by atoms with Crippen molar-refractivity contribution in [2.24, 2.45) is 11.1 Å². The van der Waals surface area contributed by atoms with Gasteiger partial charge in [0.05, 0.1) is 29.7 Å². The standard InChI is InChI=1S/C30H32FN3O3S/c1-4-37-29(36)25-19-8-6-5-7-9-23(19)38-28(25)34-21-14-30(2,3)15-22(35)26(21)24(20(16-32)27(34)33)17-10-12-18(31)13-11-17/h10-13,24H,4-9,14-15,33H2,1-3H3/t24-/m1/s1. The summed E-state index contributed by atoms with van der Waals surface area (Å²) < 4.78 is 19.3. The Balaban J connectivity index is 1.79. The molecule has 1 aromatic carbocycles. The van der Waals surface area contributed by atoms with E-state index in [0.717, 1.165) is 42.5 Å². The number of allylic oxidation sites excluding steroid dienone is 3. The number of nitrogens with two attached hydrogens (primary N) is 1. The number of hydrogen-bond donors (Lipinski definition) is 1. The van der Waals surface area contributed by atoms with E-state index < -0.39 is 17.7 Å². The zero-order chi connectivity index (χ0) is 27.2. The number of ether oxygens (including phenoxy) is 1. The highest BCUT2D eigenvalue weighted by Gasteiger charge is 2.46. The first-order valence-electron chi connectivity index (χ1n) is 13.2. The largest absolute Gasteiger partial charge is 0.462 e. The van der Waals surface area contributed by atoms with Gasteiger partial charge in [-0.15, -0.1) is 11.3 Å². The van der Waals surface area contributed by atoms with Crippen molar-refractivity contribution in [1.29, 1.82) is 5.26 Å². The summed E-state index contributed by atoms with van der Waals surface area (Å²) in [7, 11) is 0. The molecule has 8 heteroatoms. The summed E-state index contributed by atoms with van der Waals surface area (Å²) in [5, 5.41) is 11.0. The first kappa shape index (κ1) is 26.2. The fraction of sp³-hybridized carbons (Fsp3) is 0.433. The first-order chi connectivity index (χ1) is 18.2. The van der Waals surface area contributed by atoms with E-state index in [9.17, 15) is 19.2 Å². The summed E-state index contributed by atoms with van der Waals surface area (Å²) in [6, 6.07) is 8.14. The molecule has 3 aliphatic rings. The zero-order valence-corrected chi connectivity index (χ0v) is 22.8. The predicted molar refractivity (Wildman–Crippen MR) is 145 cm³/mol. The fourth-order valence-electron chi connectivity index (χ4n) is 6.03. The molecule has 0 fully saturated rings. The van der Waals surface area contributed by atoms with E-state index >= 15 is 0 Å². The Morgan fingerprint density at radius 1 is 1.21 bits per heavy atom. The number of carbonyl (C=O) groups excluding carboxylic acids is 2. The van der Waals surface area contributed by atoms with Crippen LogP contribution in [-0.2, 0) is 22.4 Å². The molecule has 6 nitrogen and oxygen atoms in total. The Morgan fingerprint density at radius 2 is 1.92 bits per heavy atom. The van der Waals surface area contributed by atoms with Crippen LogP contribution < -0.4 is 10.6 Å². The van der Waals surface area contributed by atoms with Crippen molar-refractivity contribution in [2.75, 3.05) is 11.5 Å². The maximum atomic E-state index is 13.8. The van der Waals surface area contributed by atoms with E-state index in [4.69, 9.17) is 10.5 Å². The summed E-state index contributed by atoms with van der Waals surface area (Å²) in [4.78, 5) is 30.1. The summed E-state index contributed by atoms with van der Waals surface area (Å²) in [5.74, 6) is -1.36. The molecule has 1 aliphatic heterocycles. The lowest BCUT2D eigenvalue weighted by atomic mass is 9.68. The molecular formula is C30H32FN3O3S. The number of nitriles is 1. The van der Waals surface area contributed by atoms with Gasteiger partial charge < -0.3 is 10.5 Å². The van der Waals surface area contributed by atoms with E-state index in [2.05, 4.69) is 6.07 Å². The van der Waals surface area contributed by atoms with Crippen LogP contribution in [0.5, 0.6) is 0 Å². The molecule has 2 N–H and O–H groups in total. The molecule has 2 aromatic rings.